The van der Waals surface area contributed by atoms with Crippen LogP contribution < -0.4 is 5.32 Å². The van der Waals surface area contributed by atoms with E-state index in [1.54, 1.807) is 18.3 Å². The van der Waals surface area contributed by atoms with Gasteiger partial charge in [-0.3, -0.25) is 9.78 Å². The number of carbonyl (C=O) groups is 1. The van der Waals surface area contributed by atoms with Crippen molar-refractivity contribution in [1.29, 1.82) is 0 Å². The summed E-state index contributed by atoms with van der Waals surface area (Å²) in [5.74, 6) is 0.232. The van der Waals surface area contributed by atoms with Gasteiger partial charge in [0.1, 0.15) is 11.5 Å². The van der Waals surface area contributed by atoms with Gasteiger partial charge in [0.15, 0.2) is 0 Å². The van der Waals surface area contributed by atoms with Crippen molar-refractivity contribution in [1.82, 2.24) is 10.3 Å². The van der Waals surface area contributed by atoms with Crippen LogP contribution in [-0.2, 0) is 11.2 Å². The Morgan fingerprint density at radius 3 is 2.68 bits per heavy atom. The Bertz CT molecular complexity index is 495. The maximum absolute atomic E-state index is 12.4. The Labute approximate surface area is 114 Å². The first-order chi connectivity index (χ1) is 8.71. The highest BCUT2D eigenvalue weighted by Crippen LogP contribution is 2.34. The minimum absolute atomic E-state index is 0.163. The fourth-order valence-corrected chi connectivity index (χ4v) is 3.11. The number of ketones is 1. The lowest BCUT2D eigenvalue weighted by atomic mass is 9.72. The summed E-state index contributed by atoms with van der Waals surface area (Å²) in [5, 5.41) is 13.3. The standard InChI is InChI=1S/C15H22N2O2/c1-14(2)9-13(19)10(15(3,4)17-14)8-11-12(18)6-5-7-16-11/h5-7,10,17-18H,8-9H2,1-4H3. The molecule has 4 nitrogen and oxygen atoms in total. The second kappa shape index (κ2) is 4.60. The van der Waals surface area contributed by atoms with Crippen LogP contribution in [-0.4, -0.2) is 27.0 Å². The summed E-state index contributed by atoms with van der Waals surface area (Å²) in [6, 6.07) is 3.30. The number of nitrogens with zero attached hydrogens (tertiary/aromatic N) is 1. The van der Waals surface area contributed by atoms with Crippen molar-refractivity contribution >= 4 is 5.78 Å². The van der Waals surface area contributed by atoms with Crippen LogP contribution in [0.15, 0.2) is 18.3 Å². The van der Waals surface area contributed by atoms with E-state index in [1.165, 1.54) is 0 Å². The minimum Gasteiger partial charge on any atom is -0.506 e. The second-order valence-electron chi connectivity index (χ2n) is 6.60. The van der Waals surface area contributed by atoms with Crippen LogP contribution in [0.4, 0.5) is 0 Å². The van der Waals surface area contributed by atoms with E-state index < -0.39 is 0 Å². The van der Waals surface area contributed by atoms with E-state index in [4.69, 9.17) is 0 Å². The number of pyridine rings is 1. The minimum atomic E-state index is -0.303. The first-order valence-electron chi connectivity index (χ1n) is 6.66. The van der Waals surface area contributed by atoms with Gasteiger partial charge in [0.2, 0.25) is 0 Å². The lowest BCUT2D eigenvalue weighted by Crippen LogP contribution is -2.63. The van der Waals surface area contributed by atoms with E-state index in [9.17, 15) is 9.90 Å². The predicted octanol–water partition coefficient (Wildman–Crippen LogP) is 2.07. The second-order valence-corrected chi connectivity index (χ2v) is 6.60. The van der Waals surface area contributed by atoms with E-state index in [2.05, 4.69) is 10.3 Å². The van der Waals surface area contributed by atoms with E-state index in [0.29, 0.717) is 18.5 Å². The normalized spacial score (nSPS) is 25.3. The molecule has 1 aromatic heterocycles. The first kappa shape index (κ1) is 14.0. The number of nitrogens with one attached hydrogen (secondary N) is 1. The summed E-state index contributed by atoms with van der Waals surface area (Å²) < 4.78 is 0. The van der Waals surface area contributed by atoms with Crippen LogP contribution in [0.3, 0.4) is 0 Å². The number of piperidine rings is 1. The maximum atomic E-state index is 12.4. The van der Waals surface area contributed by atoms with Crippen molar-refractivity contribution in [2.24, 2.45) is 5.92 Å². The van der Waals surface area contributed by atoms with Gasteiger partial charge < -0.3 is 10.4 Å². The molecule has 104 valence electrons. The average Bonchev–Trinajstić information content (AvgIpc) is 2.23. The molecule has 0 amide bonds. The zero-order chi connectivity index (χ0) is 14.3. The molecule has 1 unspecified atom stereocenters. The monoisotopic (exact) mass is 262 g/mol. The van der Waals surface area contributed by atoms with Crippen molar-refractivity contribution in [2.45, 2.75) is 51.6 Å². The van der Waals surface area contributed by atoms with Gasteiger partial charge in [-0.2, -0.15) is 0 Å². The molecule has 1 saturated heterocycles. The molecular formula is C15H22N2O2. The lowest BCUT2D eigenvalue weighted by molar-refractivity contribution is -0.130. The zero-order valence-electron chi connectivity index (χ0n) is 12.0. The fourth-order valence-electron chi connectivity index (χ4n) is 3.11. The van der Waals surface area contributed by atoms with Gasteiger partial charge in [0, 0.05) is 36.0 Å². The topological polar surface area (TPSA) is 62.2 Å². The third-order valence-corrected chi connectivity index (χ3v) is 3.80. The molecule has 2 heterocycles. The smallest absolute Gasteiger partial charge is 0.140 e. The molecule has 19 heavy (non-hydrogen) atoms. The highest BCUT2D eigenvalue weighted by atomic mass is 16.3. The maximum Gasteiger partial charge on any atom is 0.140 e. The summed E-state index contributed by atoms with van der Waals surface area (Å²) >= 11 is 0. The summed E-state index contributed by atoms with van der Waals surface area (Å²) in [6.45, 7) is 8.16. The molecule has 2 rings (SSSR count). The third-order valence-electron chi connectivity index (χ3n) is 3.80. The number of aromatic nitrogens is 1. The van der Waals surface area contributed by atoms with Crippen molar-refractivity contribution < 1.29 is 9.90 Å². The van der Waals surface area contributed by atoms with Gasteiger partial charge in [-0.1, -0.05) is 0 Å². The summed E-state index contributed by atoms with van der Waals surface area (Å²) in [4.78, 5) is 16.6. The molecule has 1 aliphatic heterocycles. The molecule has 1 fully saturated rings. The van der Waals surface area contributed by atoms with Gasteiger partial charge in [0.05, 0.1) is 5.69 Å². The molecule has 1 atom stereocenters. The van der Waals surface area contributed by atoms with Crippen LogP contribution in [0, 0.1) is 5.92 Å². The molecule has 0 bridgehead atoms. The molecule has 0 aliphatic carbocycles. The van der Waals surface area contributed by atoms with Crippen LogP contribution in [0.25, 0.3) is 0 Å². The van der Waals surface area contributed by atoms with Crippen molar-refractivity contribution in [3.63, 3.8) is 0 Å². The zero-order valence-corrected chi connectivity index (χ0v) is 12.0. The molecule has 0 spiro atoms. The van der Waals surface area contributed by atoms with Crippen LogP contribution >= 0.6 is 0 Å². The summed E-state index contributed by atoms with van der Waals surface area (Å²) in [5.41, 5.74) is 0.113. The Morgan fingerprint density at radius 1 is 1.42 bits per heavy atom. The van der Waals surface area contributed by atoms with E-state index in [-0.39, 0.29) is 28.5 Å². The number of carbonyl (C=O) groups excluding carboxylic acids is 1. The van der Waals surface area contributed by atoms with Crippen molar-refractivity contribution in [3.8, 4) is 5.75 Å². The largest absolute Gasteiger partial charge is 0.506 e. The number of rotatable bonds is 2. The summed E-state index contributed by atoms with van der Waals surface area (Å²) in [7, 11) is 0. The highest BCUT2D eigenvalue weighted by molar-refractivity contribution is 5.84. The van der Waals surface area contributed by atoms with Gasteiger partial charge in [-0.25, -0.2) is 0 Å². The Morgan fingerprint density at radius 2 is 2.11 bits per heavy atom. The number of hydrogen-bond acceptors (Lipinski definition) is 4. The molecule has 2 N–H and O–H groups in total. The van der Waals surface area contributed by atoms with E-state index in [1.807, 2.05) is 27.7 Å². The molecule has 0 aromatic carbocycles. The quantitative estimate of drug-likeness (QED) is 0.856. The van der Waals surface area contributed by atoms with Gasteiger partial charge >= 0.3 is 0 Å². The Balaban J connectivity index is 2.25. The molecule has 0 radical (unpaired) electrons. The molecule has 1 aromatic rings. The van der Waals surface area contributed by atoms with E-state index >= 15 is 0 Å². The van der Waals surface area contributed by atoms with Gasteiger partial charge in [0.25, 0.3) is 0 Å². The third kappa shape index (κ3) is 2.95. The fraction of sp³-hybridized carbons (Fsp3) is 0.600. The Kier molecular flexibility index (Phi) is 3.39. The molecule has 4 heteroatoms. The van der Waals surface area contributed by atoms with E-state index in [0.717, 1.165) is 0 Å². The lowest BCUT2D eigenvalue weighted by Gasteiger charge is -2.46. The van der Waals surface area contributed by atoms with Gasteiger partial charge in [-0.05, 0) is 39.8 Å². The predicted molar refractivity (Wildman–Crippen MR) is 74.0 cm³/mol. The van der Waals surface area contributed by atoms with Crippen molar-refractivity contribution in [3.05, 3.63) is 24.0 Å². The average molecular weight is 262 g/mol. The molecular weight excluding hydrogens is 240 g/mol. The SMILES string of the molecule is CC1(C)CC(=O)C(Cc2ncccc2O)C(C)(C)N1. The number of hydrogen-bond donors (Lipinski definition) is 2. The van der Waals surface area contributed by atoms with Crippen LogP contribution in [0.5, 0.6) is 5.75 Å². The van der Waals surface area contributed by atoms with Crippen LogP contribution in [0.1, 0.15) is 39.8 Å². The van der Waals surface area contributed by atoms with Crippen molar-refractivity contribution in [2.75, 3.05) is 0 Å². The summed E-state index contributed by atoms with van der Waals surface area (Å²) in [6.07, 6.45) is 2.63. The highest BCUT2D eigenvalue weighted by Gasteiger charge is 2.45. The Hall–Kier alpha value is -1.42. The molecule has 1 aliphatic rings. The number of aromatic hydroxyl groups is 1. The number of Topliss-reactive ketones (excluding diaryl/α,β-unsaturated/α-hetero) is 1. The van der Waals surface area contributed by atoms with Gasteiger partial charge in [-0.15, -0.1) is 0 Å². The molecule has 0 saturated carbocycles. The first-order valence-corrected chi connectivity index (χ1v) is 6.66. The van der Waals surface area contributed by atoms with Crippen LogP contribution in [0.2, 0.25) is 0 Å².